The van der Waals surface area contributed by atoms with Crippen molar-refractivity contribution in [1.82, 2.24) is 4.98 Å². The van der Waals surface area contributed by atoms with Crippen LogP contribution in [-0.2, 0) is 6.42 Å². The van der Waals surface area contributed by atoms with Crippen LogP contribution in [0.1, 0.15) is 51.0 Å². The predicted molar refractivity (Wildman–Crippen MR) is 110 cm³/mol. The van der Waals surface area contributed by atoms with Crippen molar-refractivity contribution in [1.29, 1.82) is 0 Å². The minimum atomic E-state index is 0.602. The standard InChI is InChI=1S/C19H24N4S2/c1-2-3-4-5-6-7-8-14-9-11-15(12-10-14)22-23-17-13-16-18(25-17)21-19(20)24-16/h9-13H,2-8H2,1H3,(H2,20,21). The van der Waals surface area contributed by atoms with Crippen molar-refractivity contribution in [2.75, 3.05) is 5.73 Å². The Morgan fingerprint density at radius 1 is 0.960 bits per heavy atom. The number of nitrogens with two attached hydrogens (primary N) is 1. The van der Waals surface area contributed by atoms with Crippen LogP contribution in [-0.4, -0.2) is 4.98 Å². The van der Waals surface area contributed by atoms with Crippen molar-refractivity contribution >= 4 is 48.0 Å². The fourth-order valence-electron chi connectivity index (χ4n) is 2.73. The third-order valence-corrected chi connectivity index (χ3v) is 5.99. The predicted octanol–water partition coefficient (Wildman–Crippen LogP) is 7.26. The van der Waals surface area contributed by atoms with Crippen LogP contribution in [0.3, 0.4) is 0 Å². The number of nitrogen functional groups attached to an aromatic ring is 1. The molecule has 1 aromatic carbocycles. The van der Waals surface area contributed by atoms with Gasteiger partial charge in [-0.2, -0.15) is 0 Å². The summed E-state index contributed by atoms with van der Waals surface area (Å²) in [6.07, 6.45) is 9.16. The maximum atomic E-state index is 5.69. The first kappa shape index (κ1) is 18.0. The molecule has 4 nitrogen and oxygen atoms in total. The van der Waals surface area contributed by atoms with Crippen molar-refractivity contribution in [3.63, 3.8) is 0 Å². The molecule has 0 radical (unpaired) electrons. The second-order valence-corrected chi connectivity index (χ2v) is 8.26. The Bertz CT molecular complexity index is 786. The highest BCUT2D eigenvalue weighted by molar-refractivity contribution is 7.30. The van der Waals surface area contributed by atoms with Gasteiger partial charge >= 0.3 is 0 Å². The number of benzene rings is 1. The van der Waals surface area contributed by atoms with E-state index in [2.05, 4.69) is 34.3 Å². The number of anilines is 1. The largest absolute Gasteiger partial charge is 0.375 e. The number of aromatic nitrogens is 1. The van der Waals surface area contributed by atoms with Gasteiger partial charge in [0.05, 0.1) is 10.4 Å². The number of rotatable bonds is 9. The summed E-state index contributed by atoms with van der Waals surface area (Å²) in [5.74, 6) is 0. The second kappa shape index (κ2) is 9.06. The Balaban J connectivity index is 1.49. The third-order valence-electron chi connectivity index (χ3n) is 4.11. The van der Waals surface area contributed by atoms with Gasteiger partial charge in [-0.25, -0.2) is 4.98 Å². The first-order valence-corrected chi connectivity index (χ1v) is 10.5. The number of fused-ring (bicyclic) bond motifs is 1. The molecule has 0 aliphatic carbocycles. The van der Waals surface area contributed by atoms with Gasteiger partial charge in [0.15, 0.2) is 5.13 Å². The summed E-state index contributed by atoms with van der Waals surface area (Å²) in [5.41, 5.74) is 7.95. The van der Waals surface area contributed by atoms with E-state index in [9.17, 15) is 0 Å². The lowest BCUT2D eigenvalue weighted by Crippen LogP contribution is -1.85. The quantitative estimate of drug-likeness (QED) is 0.317. The third kappa shape index (κ3) is 5.34. The molecule has 0 aliphatic rings. The number of thiophene rings is 1. The first-order chi connectivity index (χ1) is 12.2. The van der Waals surface area contributed by atoms with Crippen LogP contribution in [0.4, 0.5) is 15.8 Å². The molecule has 25 heavy (non-hydrogen) atoms. The van der Waals surface area contributed by atoms with E-state index in [0.29, 0.717) is 5.13 Å². The van der Waals surface area contributed by atoms with Crippen LogP contribution in [0.2, 0.25) is 0 Å². The summed E-state index contributed by atoms with van der Waals surface area (Å²) in [6.45, 7) is 2.26. The molecule has 0 unspecified atom stereocenters. The molecule has 0 saturated carbocycles. The number of thiazole rings is 1. The van der Waals surface area contributed by atoms with Gasteiger partial charge in [-0.1, -0.05) is 73.8 Å². The molecule has 6 heteroatoms. The van der Waals surface area contributed by atoms with Crippen molar-refractivity contribution in [2.24, 2.45) is 10.2 Å². The van der Waals surface area contributed by atoms with Crippen molar-refractivity contribution in [3.05, 3.63) is 35.9 Å². The van der Waals surface area contributed by atoms with Crippen LogP contribution in [0.15, 0.2) is 40.6 Å². The molecule has 2 N–H and O–H groups in total. The minimum absolute atomic E-state index is 0.602. The maximum absolute atomic E-state index is 5.69. The topological polar surface area (TPSA) is 63.6 Å². The number of unbranched alkanes of at least 4 members (excludes halogenated alkanes) is 5. The van der Waals surface area contributed by atoms with Gasteiger partial charge in [0.25, 0.3) is 0 Å². The molecule has 2 aromatic heterocycles. The minimum Gasteiger partial charge on any atom is -0.375 e. The van der Waals surface area contributed by atoms with Crippen molar-refractivity contribution < 1.29 is 0 Å². The smallest absolute Gasteiger partial charge is 0.181 e. The van der Waals surface area contributed by atoms with Crippen molar-refractivity contribution in [3.8, 4) is 0 Å². The first-order valence-electron chi connectivity index (χ1n) is 8.91. The van der Waals surface area contributed by atoms with Gasteiger partial charge in [-0.05, 0) is 36.6 Å². The van der Waals surface area contributed by atoms with E-state index in [4.69, 9.17) is 5.73 Å². The highest BCUT2D eigenvalue weighted by atomic mass is 32.1. The van der Waals surface area contributed by atoms with Gasteiger partial charge in [0.2, 0.25) is 0 Å². The van der Waals surface area contributed by atoms with Crippen molar-refractivity contribution in [2.45, 2.75) is 51.9 Å². The number of aryl methyl sites for hydroxylation is 1. The van der Waals surface area contributed by atoms with E-state index in [0.717, 1.165) is 26.6 Å². The lowest BCUT2D eigenvalue weighted by Gasteiger charge is -2.02. The summed E-state index contributed by atoms with van der Waals surface area (Å²) < 4.78 is 1.07. The van der Waals surface area contributed by atoms with E-state index in [1.54, 1.807) is 0 Å². The zero-order valence-electron chi connectivity index (χ0n) is 14.6. The fourth-order valence-corrected chi connectivity index (χ4v) is 4.54. The Morgan fingerprint density at radius 3 is 2.48 bits per heavy atom. The molecule has 2 heterocycles. The molecule has 0 spiro atoms. The van der Waals surface area contributed by atoms with E-state index >= 15 is 0 Å². The number of nitrogens with zero attached hydrogens (tertiary/aromatic N) is 3. The lowest BCUT2D eigenvalue weighted by molar-refractivity contribution is 0.607. The highest BCUT2D eigenvalue weighted by Gasteiger charge is 2.06. The van der Waals surface area contributed by atoms with Crippen LogP contribution < -0.4 is 5.73 Å². The zero-order valence-corrected chi connectivity index (χ0v) is 16.2. The molecule has 0 aliphatic heterocycles. The van der Waals surface area contributed by atoms with E-state index in [-0.39, 0.29) is 0 Å². The molecular weight excluding hydrogens is 348 g/mol. The average Bonchev–Trinajstić information content (AvgIpc) is 3.14. The highest BCUT2D eigenvalue weighted by Crippen LogP contribution is 2.36. The number of hydrogen-bond donors (Lipinski definition) is 1. The average molecular weight is 373 g/mol. The summed E-state index contributed by atoms with van der Waals surface area (Å²) >= 11 is 3.00. The molecule has 3 aromatic rings. The Hall–Kier alpha value is -1.79. The summed E-state index contributed by atoms with van der Waals surface area (Å²) in [7, 11) is 0. The monoisotopic (exact) mass is 372 g/mol. The van der Waals surface area contributed by atoms with Crippen LogP contribution in [0.25, 0.3) is 9.53 Å². The van der Waals surface area contributed by atoms with Crippen LogP contribution in [0, 0.1) is 0 Å². The Kier molecular flexibility index (Phi) is 6.53. The summed E-state index contributed by atoms with van der Waals surface area (Å²) in [4.78, 5) is 5.20. The van der Waals surface area contributed by atoms with Gasteiger partial charge in [-0.3, -0.25) is 0 Å². The number of azo groups is 1. The van der Waals surface area contributed by atoms with Gasteiger partial charge in [0.1, 0.15) is 9.83 Å². The van der Waals surface area contributed by atoms with Gasteiger partial charge < -0.3 is 5.73 Å². The van der Waals surface area contributed by atoms with E-state index in [1.807, 2.05) is 18.2 Å². The molecule has 132 valence electrons. The molecule has 0 amide bonds. The SMILES string of the molecule is CCCCCCCCc1ccc(N=Nc2cc3sc(N)nc3s2)cc1. The Labute approximate surface area is 156 Å². The Morgan fingerprint density at radius 2 is 1.72 bits per heavy atom. The van der Waals surface area contributed by atoms with Crippen LogP contribution >= 0.6 is 22.7 Å². The van der Waals surface area contributed by atoms with Gasteiger partial charge in [-0.15, -0.1) is 10.2 Å². The van der Waals surface area contributed by atoms with E-state index in [1.165, 1.54) is 66.8 Å². The summed E-state index contributed by atoms with van der Waals surface area (Å²) in [5, 5.41) is 10.1. The van der Waals surface area contributed by atoms with E-state index < -0.39 is 0 Å². The molecule has 0 bridgehead atoms. The molecule has 3 rings (SSSR count). The molecule has 0 fully saturated rings. The molecule has 0 atom stereocenters. The fraction of sp³-hybridized carbons (Fsp3) is 0.421. The maximum Gasteiger partial charge on any atom is 0.181 e. The number of hydrogen-bond acceptors (Lipinski definition) is 6. The van der Waals surface area contributed by atoms with Gasteiger partial charge in [0, 0.05) is 0 Å². The lowest BCUT2D eigenvalue weighted by atomic mass is 10.0. The zero-order chi connectivity index (χ0) is 17.5. The normalized spacial score (nSPS) is 11.7. The second-order valence-electron chi connectivity index (χ2n) is 6.19. The summed E-state index contributed by atoms with van der Waals surface area (Å²) in [6, 6.07) is 10.4. The molecular formula is C19H24N4S2. The van der Waals surface area contributed by atoms with Crippen LogP contribution in [0.5, 0.6) is 0 Å². The molecule has 0 saturated heterocycles.